The number of rotatable bonds is 4. The van der Waals surface area contributed by atoms with Crippen LogP contribution in [0.3, 0.4) is 0 Å². The third kappa shape index (κ3) is 4.06. The number of fused-ring (bicyclic) bond motifs is 4. The highest BCUT2D eigenvalue weighted by atomic mass is 16.3. The van der Waals surface area contributed by atoms with Crippen molar-refractivity contribution in [2.75, 3.05) is 24.7 Å². The number of ketones is 2. The number of amides is 3. The topological polar surface area (TPSA) is 203 Å². The summed E-state index contributed by atoms with van der Waals surface area (Å²) in [5.41, 5.74) is -0.629. The number of nitrogens with one attached hydrogen (secondary N) is 2. The number of phenolic OH excluding ortho intramolecular Hbond substituents is 1. The molecule has 1 fully saturated rings. The van der Waals surface area contributed by atoms with Crippen LogP contribution in [0.5, 0.6) is 5.75 Å². The monoisotopic (exact) mass is 626 g/mol. The van der Waals surface area contributed by atoms with Gasteiger partial charge < -0.3 is 36.8 Å². The lowest BCUT2D eigenvalue weighted by atomic mass is 9.46. The Bertz CT molecular complexity index is 1960. The van der Waals surface area contributed by atoms with Crippen LogP contribution in [0.2, 0.25) is 0 Å². The number of anilines is 2. The molecule has 3 aromatic carbocycles. The average Bonchev–Trinajstić information content (AvgIpc) is 2.96. The number of carbonyl (C=O) groups excluding carboxylic acids is 4. The van der Waals surface area contributed by atoms with Gasteiger partial charge in [0.2, 0.25) is 5.78 Å². The van der Waals surface area contributed by atoms with Gasteiger partial charge in [0.1, 0.15) is 22.8 Å². The summed E-state index contributed by atoms with van der Waals surface area (Å²) in [4.78, 5) is 54.7. The molecule has 8 N–H and O–H groups in total. The molecule has 3 amide bonds. The number of aliphatic hydroxyl groups excluding tert-OH is 2. The zero-order valence-corrected chi connectivity index (χ0v) is 25.6. The molecular weight excluding hydrogens is 592 g/mol. The van der Waals surface area contributed by atoms with Gasteiger partial charge in [-0.3, -0.25) is 19.3 Å². The third-order valence-corrected chi connectivity index (χ3v) is 9.79. The van der Waals surface area contributed by atoms with Gasteiger partial charge in [0, 0.05) is 21.8 Å². The predicted molar refractivity (Wildman–Crippen MR) is 170 cm³/mol. The Labute approximate surface area is 263 Å². The zero-order valence-electron chi connectivity index (χ0n) is 25.6. The van der Waals surface area contributed by atoms with E-state index in [0.29, 0.717) is 11.3 Å². The fraction of sp³-hybridized carbons (Fsp3) is 0.294. The molecule has 0 aromatic heterocycles. The van der Waals surface area contributed by atoms with E-state index in [0.717, 1.165) is 10.8 Å². The molecule has 6 rings (SSSR count). The summed E-state index contributed by atoms with van der Waals surface area (Å²) < 4.78 is 0. The number of aromatic hydroxyl groups is 1. The Balaban J connectivity index is 1.43. The molecule has 0 aliphatic heterocycles. The fourth-order valence-electron chi connectivity index (χ4n) is 8.03. The van der Waals surface area contributed by atoms with E-state index in [1.807, 2.05) is 30.3 Å². The van der Waals surface area contributed by atoms with E-state index >= 15 is 0 Å². The summed E-state index contributed by atoms with van der Waals surface area (Å²) in [6.07, 6.45) is 0.0105. The standard InChI is InChI=1S/C34H34N4O8/c1-32-14-17-12-13-20(37-31(45)36-19-11-7-9-16-8-5-6-10-18(16)19)24(39)21(17)25(40)23(32)29(43)34(46)28(42)22(30(35)44)26(41)27(38(3)4)33(34,2)15-32/h5-13,27,39-40,42,46H,14-15H2,1-4H3,(H2,35,44)(H2,36,37,45)/t27-,32+,33+,34-/m1/s1. The molecule has 238 valence electrons. The molecule has 3 aromatic rings. The van der Waals surface area contributed by atoms with Gasteiger partial charge in [-0.2, -0.15) is 0 Å². The highest BCUT2D eigenvalue weighted by Gasteiger charge is 2.72. The Morgan fingerprint density at radius 3 is 2.26 bits per heavy atom. The second-order valence-corrected chi connectivity index (χ2v) is 13.0. The molecule has 0 unspecified atom stereocenters. The minimum atomic E-state index is -2.82. The van der Waals surface area contributed by atoms with Gasteiger partial charge in [-0.25, -0.2) is 4.79 Å². The zero-order chi connectivity index (χ0) is 33.5. The summed E-state index contributed by atoms with van der Waals surface area (Å²) in [6, 6.07) is 14.1. The summed E-state index contributed by atoms with van der Waals surface area (Å²) in [5, 5.41) is 53.4. The van der Waals surface area contributed by atoms with Crippen molar-refractivity contribution in [2.24, 2.45) is 16.6 Å². The van der Waals surface area contributed by atoms with Crippen LogP contribution in [0.25, 0.3) is 16.5 Å². The summed E-state index contributed by atoms with van der Waals surface area (Å²) >= 11 is 0. The van der Waals surface area contributed by atoms with Gasteiger partial charge in [0.05, 0.1) is 23.0 Å². The highest BCUT2D eigenvalue weighted by Crippen LogP contribution is 2.63. The highest BCUT2D eigenvalue weighted by molar-refractivity contribution is 6.25. The number of nitrogens with two attached hydrogens (primary N) is 1. The van der Waals surface area contributed by atoms with Crippen molar-refractivity contribution in [3.63, 3.8) is 0 Å². The second-order valence-electron chi connectivity index (χ2n) is 13.0. The molecule has 0 spiro atoms. The second kappa shape index (κ2) is 10.2. The minimum Gasteiger partial charge on any atom is -0.508 e. The summed E-state index contributed by atoms with van der Waals surface area (Å²) in [7, 11) is 3.09. The Kier molecular flexibility index (Phi) is 6.80. The van der Waals surface area contributed by atoms with Crippen molar-refractivity contribution < 1.29 is 39.6 Å². The van der Waals surface area contributed by atoms with E-state index in [9.17, 15) is 39.6 Å². The van der Waals surface area contributed by atoms with Crippen LogP contribution in [-0.2, 0) is 20.8 Å². The smallest absolute Gasteiger partial charge is 0.323 e. The number of aliphatic hydroxyl groups is 3. The van der Waals surface area contributed by atoms with E-state index in [-0.39, 0.29) is 29.7 Å². The number of hydrogen-bond acceptors (Lipinski definition) is 9. The van der Waals surface area contributed by atoms with Crippen molar-refractivity contribution in [2.45, 2.75) is 38.3 Å². The van der Waals surface area contributed by atoms with E-state index in [1.54, 1.807) is 39.2 Å². The van der Waals surface area contributed by atoms with Gasteiger partial charge in [-0.1, -0.05) is 56.3 Å². The molecule has 4 atom stereocenters. The molecule has 0 bridgehead atoms. The van der Waals surface area contributed by atoms with Crippen molar-refractivity contribution in [1.82, 2.24) is 4.90 Å². The Morgan fingerprint density at radius 1 is 0.935 bits per heavy atom. The largest absolute Gasteiger partial charge is 0.508 e. The van der Waals surface area contributed by atoms with Crippen LogP contribution >= 0.6 is 0 Å². The summed E-state index contributed by atoms with van der Waals surface area (Å²) in [6.45, 7) is 3.17. The Hall–Kier alpha value is -5.20. The first-order valence-corrected chi connectivity index (χ1v) is 14.6. The number of primary amides is 1. The lowest BCUT2D eigenvalue weighted by Crippen LogP contribution is -2.72. The maximum atomic E-state index is 14.4. The van der Waals surface area contributed by atoms with E-state index in [4.69, 9.17) is 5.73 Å². The van der Waals surface area contributed by atoms with Gasteiger partial charge in [0.15, 0.2) is 11.4 Å². The number of nitrogens with zero attached hydrogens (tertiary/aromatic N) is 1. The predicted octanol–water partition coefficient (Wildman–Crippen LogP) is 3.54. The van der Waals surface area contributed by atoms with Gasteiger partial charge in [-0.15, -0.1) is 0 Å². The number of benzene rings is 3. The molecule has 0 saturated heterocycles. The lowest BCUT2D eigenvalue weighted by molar-refractivity contribution is -0.176. The van der Waals surface area contributed by atoms with Crippen LogP contribution in [0.1, 0.15) is 31.4 Å². The molecule has 12 nitrogen and oxygen atoms in total. The molecule has 12 heteroatoms. The number of carbonyl (C=O) groups is 4. The lowest BCUT2D eigenvalue weighted by Gasteiger charge is -2.59. The van der Waals surface area contributed by atoms with E-state index < -0.39 is 68.8 Å². The van der Waals surface area contributed by atoms with Crippen molar-refractivity contribution >= 4 is 51.4 Å². The molecule has 0 heterocycles. The van der Waals surface area contributed by atoms with E-state index in [2.05, 4.69) is 10.6 Å². The van der Waals surface area contributed by atoms with Crippen LogP contribution < -0.4 is 16.4 Å². The maximum absolute atomic E-state index is 14.4. The molecule has 0 radical (unpaired) electrons. The van der Waals surface area contributed by atoms with Crippen molar-refractivity contribution in [3.05, 3.63) is 82.6 Å². The number of phenols is 1. The van der Waals surface area contributed by atoms with Crippen LogP contribution in [0, 0.1) is 10.8 Å². The molecule has 3 aliphatic carbocycles. The third-order valence-electron chi connectivity index (χ3n) is 9.79. The Morgan fingerprint density at radius 2 is 1.59 bits per heavy atom. The first-order valence-electron chi connectivity index (χ1n) is 14.6. The van der Waals surface area contributed by atoms with Gasteiger partial charge in [-0.05, 0) is 50.0 Å². The van der Waals surface area contributed by atoms with Crippen molar-refractivity contribution in [3.8, 4) is 5.75 Å². The fourth-order valence-corrected chi connectivity index (χ4v) is 8.03. The molecule has 1 saturated carbocycles. The van der Waals surface area contributed by atoms with Crippen LogP contribution in [-0.4, -0.2) is 74.6 Å². The van der Waals surface area contributed by atoms with Crippen LogP contribution in [0.15, 0.2) is 71.5 Å². The molecular formula is C34H34N4O8. The van der Waals surface area contributed by atoms with E-state index in [1.165, 1.54) is 17.9 Å². The molecule has 3 aliphatic rings. The first kappa shape index (κ1) is 30.8. The van der Waals surface area contributed by atoms with Gasteiger partial charge in [0.25, 0.3) is 5.91 Å². The SMILES string of the molecule is CN(C)[C@@H]1C(=O)C(C(N)=O)=C(O)[C@@]2(O)C(=O)C3=C(O)c4c(ccc(NC(=O)Nc5cccc6ccccc56)c4O)C[C@@]3(C)C[C@@]12C. The molecule has 46 heavy (non-hydrogen) atoms. The van der Waals surface area contributed by atoms with Crippen molar-refractivity contribution in [1.29, 1.82) is 0 Å². The normalized spacial score (nSPS) is 27.3. The van der Waals surface area contributed by atoms with Gasteiger partial charge >= 0.3 is 6.03 Å². The first-order chi connectivity index (χ1) is 21.6. The minimum absolute atomic E-state index is 0.0614. The average molecular weight is 627 g/mol. The number of hydrogen-bond donors (Lipinski definition) is 7. The van der Waals surface area contributed by atoms with Crippen LogP contribution in [0.4, 0.5) is 16.2 Å². The number of urea groups is 1. The number of Topliss-reactive ketones (excluding diaryl/α,β-unsaturated/α-hetero) is 2. The quantitative estimate of drug-likeness (QED) is 0.167. The maximum Gasteiger partial charge on any atom is 0.323 e. The summed E-state index contributed by atoms with van der Waals surface area (Å²) in [5.74, 6) is -5.63. The number of likely N-dealkylation sites (N-methyl/N-ethyl adjacent to an activating group) is 1.